The first-order chi connectivity index (χ1) is 34.8. The van der Waals surface area contributed by atoms with Crippen LogP contribution in [0.3, 0.4) is 0 Å². The first-order valence-electron chi connectivity index (χ1n) is 23.5. The Hall–Kier alpha value is -7.42. The number of primary amides is 3. The summed E-state index contributed by atoms with van der Waals surface area (Å²) in [4.78, 5) is 155. The van der Waals surface area contributed by atoms with Crippen molar-refractivity contribution < 1.29 is 52.7 Å². The van der Waals surface area contributed by atoms with Crippen molar-refractivity contribution in [3.8, 4) is 0 Å². The molecule has 2 fully saturated rings. The van der Waals surface area contributed by atoms with Gasteiger partial charge in [0.15, 0.2) is 5.96 Å². The summed E-state index contributed by atoms with van der Waals surface area (Å²) in [7, 11) is 2.28. The second-order valence-corrected chi connectivity index (χ2v) is 20.1. The summed E-state index contributed by atoms with van der Waals surface area (Å²) in [5, 5.41) is 15.4. The SMILES string of the molecule is NC(=O)CC[C@@H]1NC(=O)[C@H](Cc2ccccc2)NC(=O)[C@@H]2Cc3ccccc3N2C(=O)CCSSC[C@@H](C(=O)N2CCC[C@H]2C(=O)N[C@H](CCCN=C(N)N)C(=O)NCC(N)=O)NC(=O)[C@H](CC(N)=O)NC1=O. The van der Waals surface area contributed by atoms with E-state index in [2.05, 4.69) is 36.9 Å². The average molecular weight is 1050 g/mol. The number of hydrogen-bond donors (Lipinski definition) is 11. The normalized spacial score (nSPS) is 22.4. The van der Waals surface area contributed by atoms with Crippen molar-refractivity contribution in [1.82, 2.24) is 36.8 Å². The van der Waals surface area contributed by atoms with Crippen LogP contribution in [0.5, 0.6) is 0 Å². The molecule has 16 N–H and O–H groups in total. The molecular weight excluding hydrogens is 989 g/mol. The predicted molar refractivity (Wildman–Crippen MR) is 270 cm³/mol. The molecule has 11 amide bonds. The number of carbonyl (C=O) groups excluding carboxylic acids is 11. The van der Waals surface area contributed by atoms with Crippen LogP contribution in [0, 0.1) is 0 Å². The topological polar surface area (TPSA) is 409 Å². The van der Waals surface area contributed by atoms with Crippen molar-refractivity contribution in [2.75, 3.05) is 36.0 Å². The highest BCUT2D eigenvalue weighted by Gasteiger charge is 2.42. The third-order valence-electron chi connectivity index (χ3n) is 12.0. The summed E-state index contributed by atoms with van der Waals surface area (Å²) in [5.41, 5.74) is 28.9. The average Bonchev–Trinajstić information content (AvgIpc) is 4.00. The number of likely N-dealkylation sites (tertiary alicyclic amines) is 1. The Bertz CT molecular complexity index is 2430. The van der Waals surface area contributed by atoms with Gasteiger partial charge in [0, 0.05) is 56.0 Å². The minimum absolute atomic E-state index is 0.0231. The fraction of sp³-hybridized carbons (Fsp3) is 0.478. The Morgan fingerprint density at radius 2 is 1.44 bits per heavy atom. The number of hydrogen-bond acceptors (Lipinski definition) is 14. The molecule has 0 bridgehead atoms. The second kappa shape index (κ2) is 27.4. The molecule has 0 radical (unpaired) electrons. The molecule has 2 saturated heterocycles. The Kier molecular flexibility index (Phi) is 21.2. The van der Waals surface area contributed by atoms with Crippen LogP contribution >= 0.6 is 21.6 Å². The van der Waals surface area contributed by atoms with E-state index >= 15 is 0 Å². The first-order valence-corrected chi connectivity index (χ1v) is 26.0. The van der Waals surface area contributed by atoms with Crippen LogP contribution in [-0.4, -0.2) is 149 Å². The molecule has 0 saturated carbocycles. The van der Waals surface area contributed by atoms with Crippen LogP contribution in [0.4, 0.5) is 5.69 Å². The van der Waals surface area contributed by atoms with Gasteiger partial charge in [-0.2, -0.15) is 0 Å². The lowest BCUT2D eigenvalue weighted by Crippen LogP contribution is -2.61. The van der Waals surface area contributed by atoms with Crippen molar-refractivity contribution in [2.45, 2.75) is 107 Å². The molecule has 25 nitrogen and oxygen atoms in total. The van der Waals surface area contributed by atoms with E-state index in [0.717, 1.165) is 10.8 Å². The zero-order chi connectivity index (χ0) is 53.2. The summed E-state index contributed by atoms with van der Waals surface area (Å²) >= 11 is 0. The van der Waals surface area contributed by atoms with Gasteiger partial charge in [-0.25, -0.2) is 0 Å². The Labute approximate surface area is 428 Å². The van der Waals surface area contributed by atoms with Gasteiger partial charge in [-0.15, -0.1) is 0 Å². The molecule has 0 aromatic heterocycles. The van der Waals surface area contributed by atoms with Gasteiger partial charge >= 0.3 is 0 Å². The number of amides is 11. The molecule has 3 aliphatic rings. The number of para-hydroxylation sites is 1. The van der Waals surface area contributed by atoms with E-state index in [-0.39, 0.29) is 75.5 Å². The Morgan fingerprint density at radius 3 is 2.14 bits per heavy atom. The lowest BCUT2D eigenvalue weighted by Gasteiger charge is -2.31. The molecule has 0 spiro atoms. The number of benzene rings is 2. The number of aliphatic imine (C=N–C) groups is 1. The molecular formula is C46H62N14O11S2. The van der Waals surface area contributed by atoms with Gasteiger partial charge in [-0.3, -0.25) is 62.6 Å². The van der Waals surface area contributed by atoms with E-state index in [1.54, 1.807) is 54.6 Å². The highest BCUT2D eigenvalue weighted by atomic mass is 33.1. The van der Waals surface area contributed by atoms with Crippen molar-refractivity contribution in [2.24, 2.45) is 33.7 Å². The van der Waals surface area contributed by atoms with Crippen LogP contribution in [-0.2, 0) is 65.6 Å². The van der Waals surface area contributed by atoms with Gasteiger partial charge in [-0.05, 0) is 49.3 Å². The largest absolute Gasteiger partial charge is 0.370 e. The Morgan fingerprint density at radius 1 is 0.767 bits per heavy atom. The molecule has 2 aromatic carbocycles. The van der Waals surface area contributed by atoms with Crippen LogP contribution in [0.1, 0.15) is 62.5 Å². The fourth-order valence-electron chi connectivity index (χ4n) is 8.45. The van der Waals surface area contributed by atoms with Gasteiger partial charge in [0.05, 0.1) is 13.0 Å². The molecule has 73 heavy (non-hydrogen) atoms. The zero-order valence-corrected chi connectivity index (χ0v) is 41.5. The minimum atomic E-state index is -1.75. The number of carbonyl (C=O) groups is 11. The third-order valence-corrected chi connectivity index (χ3v) is 14.4. The van der Waals surface area contributed by atoms with Crippen molar-refractivity contribution in [3.05, 3.63) is 65.7 Å². The Balaban J connectivity index is 1.46. The standard InChI is InChI=1S/C46H62N14O11S2/c47-35(61)15-14-28-40(66)56-30(22-36(48)62)42(68)58-31(45(71)59-18-7-13-33(59)43(69)55-27(11-6-17-52-46(50)51)39(65)53-23-37(49)63)24-73-72-19-16-38(64)60-32-12-5-4-10-26(32)21-34(60)44(70)57-29(41(67)54-28)20-25-8-2-1-3-9-25/h1-5,8-10,12,27-31,33-34H,6-7,11,13-24H2,(H2,47,61)(H2,48,62)(H2,49,63)(H,53,65)(H,54,67)(H,55,69)(H,56,66)(H,57,70)(H,58,68)(H4,50,51,52)/t27-,28+,29+,30+,31+,33+,34+/m1/s1. The molecule has 3 aliphatic heterocycles. The molecule has 394 valence electrons. The highest BCUT2D eigenvalue weighted by Crippen LogP contribution is 2.34. The van der Waals surface area contributed by atoms with Crippen LogP contribution in [0.15, 0.2) is 59.6 Å². The van der Waals surface area contributed by atoms with Gasteiger partial charge in [-0.1, -0.05) is 70.1 Å². The summed E-state index contributed by atoms with van der Waals surface area (Å²) in [5.74, 6) is -9.17. The summed E-state index contributed by atoms with van der Waals surface area (Å²) in [6, 6.07) is 6.11. The predicted octanol–water partition coefficient (Wildman–Crippen LogP) is -3.82. The third kappa shape index (κ3) is 16.8. The van der Waals surface area contributed by atoms with Crippen molar-refractivity contribution in [1.29, 1.82) is 0 Å². The van der Waals surface area contributed by atoms with Crippen molar-refractivity contribution >= 4 is 98.2 Å². The smallest absolute Gasteiger partial charge is 0.246 e. The molecule has 2 aromatic rings. The van der Waals surface area contributed by atoms with Crippen LogP contribution in [0.25, 0.3) is 0 Å². The summed E-state index contributed by atoms with van der Waals surface area (Å²) in [6.07, 6.45) is -0.897. The van der Waals surface area contributed by atoms with E-state index in [4.69, 9.17) is 28.7 Å². The first kappa shape index (κ1) is 56.5. The molecule has 3 heterocycles. The van der Waals surface area contributed by atoms with Gasteiger partial charge in [0.25, 0.3) is 0 Å². The number of fused-ring (bicyclic) bond motifs is 3. The quantitative estimate of drug-likeness (QED) is 0.0313. The number of nitrogens with one attached hydrogen (secondary N) is 6. The number of anilines is 1. The number of nitrogens with two attached hydrogens (primary N) is 5. The van der Waals surface area contributed by atoms with Crippen LogP contribution < -0.4 is 65.5 Å². The van der Waals surface area contributed by atoms with E-state index < -0.39 is 127 Å². The fourth-order valence-corrected chi connectivity index (χ4v) is 10.6. The molecule has 5 rings (SSSR count). The van der Waals surface area contributed by atoms with E-state index in [1.807, 2.05) is 0 Å². The lowest BCUT2D eigenvalue weighted by molar-refractivity contribution is -0.142. The monoisotopic (exact) mass is 1050 g/mol. The second-order valence-electron chi connectivity index (χ2n) is 17.5. The summed E-state index contributed by atoms with van der Waals surface area (Å²) in [6.45, 7) is -0.369. The van der Waals surface area contributed by atoms with Gasteiger partial charge in [0.2, 0.25) is 65.0 Å². The lowest BCUT2D eigenvalue weighted by atomic mass is 10.0. The van der Waals surface area contributed by atoms with Crippen molar-refractivity contribution in [3.63, 3.8) is 0 Å². The molecule has 0 aliphatic carbocycles. The number of guanidine groups is 1. The maximum absolute atomic E-state index is 14.6. The van der Waals surface area contributed by atoms with Gasteiger partial charge < -0.3 is 65.5 Å². The molecule has 0 unspecified atom stereocenters. The maximum Gasteiger partial charge on any atom is 0.246 e. The van der Waals surface area contributed by atoms with E-state index in [1.165, 1.54) is 20.6 Å². The van der Waals surface area contributed by atoms with Crippen LogP contribution in [0.2, 0.25) is 0 Å². The van der Waals surface area contributed by atoms with E-state index in [0.29, 0.717) is 23.2 Å². The molecule has 7 atom stereocenters. The summed E-state index contributed by atoms with van der Waals surface area (Å²) < 4.78 is 0. The van der Waals surface area contributed by atoms with Gasteiger partial charge in [0.1, 0.15) is 42.3 Å². The minimum Gasteiger partial charge on any atom is -0.370 e. The number of nitrogens with zero attached hydrogens (tertiary/aromatic N) is 3. The number of rotatable bonds is 17. The van der Waals surface area contributed by atoms with E-state index in [9.17, 15) is 52.7 Å². The molecule has 27 heteroatoms. The maximum atomic E-state index is 14.6. The highest BCUT2D eigenvalue weighted by molar-refractivity contribution is 8.76. The zero-order valence-electron chi connectivity index (χ0n) is 39.9.